The van der Waals surface area contributed by atoms with E-state index in [4.69, 9.17) is 32.9 Å². The lowest BCUT2D eigenvalue weighted by Gasteiger charge is -2.66. The molecule has 0 aromatic rings. The molecule has 0 spiro atoms. The van der Waals surface area contributed by atoms with Gasteiger partial charge in [0, 0.05) is 67.6 Å². The normalized spacial score (nSPS) is 34.3. The highest BCUT2D eigenvalue weighted by Gasteiger charge is 2.80. The number of alkyl halides is 28. The van der Waals surface area contributed by atoms with Gasteiger partial charge in [0.1, 0.15) is 0 Å². The van der Waals surface area contributed by atoms with Crippen molar-refractivity contribution in [3.63, 3.8) is 0 Å². The van der Waals surface area contributed by atoms with Crippen LogP contribution in [-0.4, -0.2) is 137 Å². The van der Waals surface area contributed by atoms with Crippen molar-refractivity contribution in [2.75, 3.05) is 6.61 Å². The van der Waals surface area contributed by atoms with Crippen molar-refractivity contribution < 1.29 is 161 Å². The molecule has 0 aromatic carbocycles. The van der Waals surface area contributed by atoms with Crippen LogP contribution in [0.2, 0.25) is 71.0 Å². The Labute approximate surface area is 418 Å². The highest BCUT2D eigenvalue weighted by Crippen LogP contribution is 2.61. The highest BCUT2D eigenvalue weighted by atomic mass is 28.6. The van der Waals surface area contributed by atoms with Crippen LogP contribution in [0.1, 0.15) is 51.4 Å². The summed E-state index contributed by atoms with van der Waals surface area (Å²) in [5.74, 6) is -6.59. The van der Waals surface area contributed by atoms with Crippen LogP contribution >= 0.6 is 0 Å². The molecule has 76 heavy (non-hydrogen) atoms. The zero-order chi connectivity index (χ0) is 58.2. The van der Waals surface area contributed by atoms with Gasteiger partial charge in [-0.2, -0.15) is 123 Å². The number of halogens is 28. The molecule has 8 atom stereocenters. The van der Waals surface area contributed by atoms with Gasteiger partial charge in [-0.25, -0.2) is 0 Å². The zero-order valence-electron chi connectivity index (χ0n) is 38.1. The number of ether oxygens (including phenoxy) is 1. The summed E-state index contributed by atoms with van der Waals surface area (Å²) >= 11 is 0. The Balaban J connectivity index is 1.99. The summed E-state index contributed by atoms with van der Waals surface area (Å²) in [5.41, 5.74) is -7.08. The lowest BCUT2D eigenvalue weighted by Crippen LogP contribution is -2.85. The van der Waals surface area contributed by atoms with Gasteiger partial charge in [0.05, 0.1) is 6.61 Å². The average molecular weight is 1320 g/mol. The third-order valence-electron chi connectivity index (χ3n) is 12.4. The molecule has 6 aliphatic heterocycles. The quantitative estimate of drug-likeness (QED) is 0.0713. The second kappa shape index (κ2) is 21.2. The maximum Gasteiger partial charge on any atom is 0.458 e. The van der Waals surface area contributed by atoms with Crippen molar-refractivity contribution in [2.24, 2.45) is 0 Å². The number of hydrogen-bond donors (Lipinski definition) is 0. The Bertz CT molecular complexity index is 1790. The minimum absolute atomic E-state index is 1.60. The van der Waals surface area contributed by atoms with E-state index in [0.717, 1.165) is 0 Å². The molecule has 45 heteroatoms. The van der Waals surface area contributed by atoms with Crippen molar-refractivity contribution in [3.05, 3.63) is 0 Å². The molecule has 8 unspecified atom stereocenters. The fraction of sp³-hybridized carbons (Fsp3) is 1.00. The molecule has 0 radical (unpaired) electrons. The molecule has 0 N–H and O–H groups in total. The van der Waals surface area contributed by atoms with Crippen LogP contribution in [-0.2, 0) is 37.7 Å². The maximum atomic E-state index is 14.8. The third-order valence-corrected chi connectivity index (χ3v) is 61.6. The topological polar surface area (TPSA) is 83.1 Å². The Kier molecular flexibility index (Phi) is 18.5. The minimum Gasteiger partial charge on any atom is -0.415 e. The van der Waals surface area contributed by atoms with E-state index < -0.39 is 259 Å². The zero-order valence-corrected chi connectivity index (χ0v) is 46.1. The summed E-state index contributed by atoms with van der Waals surface area (Å²) in [6.45, 7) is -2.19. The first-order valence-electron chi connectivity index (χ1n) is 22.2. The molecule has 448 valence electrons. The molecular formula is C31H42F28O9Si8. The predicted octanol–water partition coefficient (Wildman–Crippen LogP) is 14.7. The number of hydrogen-bond acceptors (Lipinski definition) is 9. The van der Waals surface area contributed by atoms with E-state index >= 15 is 0 Å². The first kappa shape index (κ1) is 66.2. The van der Waals surface area contributed by atoms with E-state index in [1.54, 1.807) is 0 Å². The van der Waals surface area contributed by atoms with E-state index in [2.05, 4.69) is 4.74 Å². The van der Waals surface area contributed by atoms with Crippen LogP contribution in [0.4, 0.5) is 123 Å². The van der Waals surface area contributed by atoms with Gasteiger partial charge in [-0.3, -0.25) is 0 Å². The van der Waals surface area contributed by atoms with E-state index in [9.17, 15) is 123 Å². The minimum atomic E-state index is -6.99. The molecule has 0 aliphatic carbocycles. The Morgan fingerprint density at radius 2 is 0.408 bits per heavy atom. The van der Waals surface area contributed by atoms with Crippen LogP contribution in [0.3, 0.4) is 0 Å². The first-order chi connectivity index (χ1) is 33.6. The smallest absolute Gasteiger partial charge is 0.415 e. The molecule has 6 saturated heterocycles. The van der Waals surface area contributed by atoms with Gasteiger partial charge in [-0.05, 0) is 54.8 Å². The lowest BCUT2D eigenvalue weighted by atomic mass is 10.3. The molecule has 9 nitrogen and oxygen atoms in total. The molecule has 6 heterocycles. The Morgan fingerprint density at radius 3 is 0.553 bits per heavy atom. The van der Waals surface area contributed by atoms with Gasteiger partial charge < -0.3 is 37.7 Å². The number of rotatable bonds is 19. The molecule has 0 saturated carbocycles. The summed E-state index contributed by atoms with van der Waals surface area (Å²) in [4.78, 5) is 0. The van der Waals surface area contributed by atoms with Crippen LogP contribution in [0.15, 0.2) is 0 Å². The standard InChI is InChI=1S/C31H42F28O9Si8/c32-22(33,34)2-11-70-18-69(10-1-9-60-29(53,30(54,55)56)31(57,58)59)61-71(12-3-23(35,36)37)19-73(63-70,14-5-25(41,42)43)67-76(17-8-28(50,51)52)21-75(64-70,16-7-27(47,48)49)66-72(62-69,13-4-24(38,39)40)20-74(65-71,68-76)15-6-26(44,45)46/h1-21H2. The Hall–Kier alpha value is -0.585. The van der Waals surface area contributed by atoms with E-state index in [0.29, 0.717) is 0 Å². The highest BCUT2D eigenvalue weighted by molar-refractivity contribution is 7.13. The fourth-order valence-electron chi connectivity index (χ4n) is 9.82. The van der Waals surface area contributed by atoms with Gasteiger partial charge >= 0.3 is 130 Å². The van der Waals surface area contributed by atoms with Gasteiger partial charge in [0.2, 0.25) is 0 Å². The van der Waals surface area contributed by atoms with Crippen molar-refractivity contribution in [1.82, 2.24) is 0 Å². The molecule has 8 bridgehead atoms. The van der Waals surface area contributed by atoms with E-state index in [-0.39, 0.29) is 0 Å². The lowest BCUT2D eigenvalue weighted by molar-refractivity contribution is -0.429. The average Bonchev–Trinajstić information content (AvgIpc) is 3.15. The third kappa shape index (κ3) is 17.7. The van der Waals surface area contributed by atoms with Gasteiger partial charge in [0.25, 0.3) is 0 Å². The van der Waals surface area contributed by atoms with Gasteiger partial charge in [0.15, 0.2) is 0 Å². The molecule has 6 fully saturated rings. The van der Waals surface area contributed by atoms with E-state index in [1.165, 1.54) is 0 Å². The van der Waals surface area contributed by atoms with Crippen LogP contribution < -0.4 is 0 Å². The summed E-state index contributed by atoms with van der Waals surface area (Å²) in [7, 11) is -48.3. The second-order valence-electron chi connectivity index (χ2n) is 19.2. The van der Waals surface area contributed by atoms with Crippen molar-refractivity contribution >= 4 is 68.5 Å². The van der Waals surface area contributed by atoms with Gasteiger partial charge in [-0.15, -0.1) is 0 Å². The molecule has 0 amide bonds. The fourth-order valence-corrected chi connectivity index (χ4v) is 81.5. The van der Waals surface area contributed by atoms with Crippen molar-refractivity contribution in [3.8, 4) is 0 Å². The molecule has 6 aliphatic rings. The van der Waals surface area contributed by atoms with Gasteiger partial charge in [-0.1, -0.05) is 0 Å². The molecule has 6 rings (SSSR count). The molecular weight excluding hydrogens is 1270 g/mol. The molecule has 0 aromatic heterocycles. The summed E-state index contributed by atoms with van der Waals surface area (Å²) in [5, 5.41) is 0. The van der Waals surface area contributed by atoms with E-state index in [1.807, 2.05) is 0 Å². The SMILES string of the molecule is FC(F)(F)CC[Si]12C[Si]3(CCC(F)(F)F)O[Si]4(CCC(F)(F)F)C[Si]5(CCC(F)(F)F)O[Si](CCC(F)(F)F)(C[Si](CCCOC(F)(C(F)(F)F)C(F)(F)F)(O1)O4)O[Si](CCC(F)(F)F)(C[Si](CCC(F)(F)F)(O3)O5)O2. The van der Waals surface area contributed by atoms with Crippen LogP contribution in [0.5, 0.6) is 0 Å². The maximum absolute atomic E-state index is 14.8. The van der Waals surface area contributed by atoms with Crippen LogP contribution in [0, 0.1) is 0 Å². The second-order valence-corrected chi connectivity index (χ2v) is 49.9. The summed E-state index contributed by atoms with van der Waals surface area (Å²) < 4.78 is 454. The monoisotopic (exact) mass is 1310 g/mol. The largest absolute Gasteiger partial charge is 0.458 e. The Morgan fingerprint density at radius 1 is 0.250 bits per heavy atom. The van der Waals surface area contributed by atoms with Crippen molar-refractivity contribution in [2.45, 2.75) is 184 Å². The predicted molar refractivity (Wildman–Crippen MR) is 214 cm³/mol. The summed E-state index contributed by atoms with van der Waals surface area (Å²) in [6.07, 6.45) is -70.2. The van der Waals surface area contributed by atoms with Crippen molar-refractivity contribution in [1.29, 1.82) is 0 Å². The van der Waals surface area contributed by atoms with Crippen LogP contribution in [0.25, 0.3) is 0 Å². The summed E-state index contributed by atoms with van der Waals surface area (Å²) in [6, 6.07) is -14.3. The first-order valence-corrected chi connectivity index (χ1v) is 40.0.